The number of likely N-dealkylation sites (N-methyl/N-ethyl adjacent to an activating group) is 1. The van der Waals surface area contributed by atoms with Crippen LogP contribution in [0.2, 0.25) is 0 Å². The van der Waals surface area contributed by atoms with Gasteiger partial charge in [0.05, 0.1) is 24.0 Å². The molecule has 5 nitrogen and oxygen atoms in total. The van der Waals surface area contributed by atoms with Gasteiger partial charge in [-0.15, -0.1) is 0 Å². The summed E-state index contributed by atoms with van der Waals surface area (Å²) in [5.74, 6) is -1.78. The van der Waals surface area contributed by atoms with Gasteiger partial charge in [-0.1, -0.05) is 49.1 Å². The van der Waals surface area contributed by atoms with Gasteiger partial charge < -0.3 is 14.4 Å². The molecule has 1 aliphatic rings. The van der Waals surface area contributed by atoms with Gasteiger partial charge in [0.15, 0.2) is 0 Å². The third-order valence-corrected chi connectivity index (χ3v) is 5.88. The highest BCUT2D eigenvalue weighted by molar-refractivity contribution is 5.86. The summed E-state index contributed by atoms with van der Waals surface area (Å²) in [6.45, 7) is 6.45. The molecule has 0 aliphatic carbocycles. The topological polar surface area (TPSA) is 61.0 Å². The number of halogens is 3. The Morgan fingerprint density at radius 2 is 1.77 bits per heavy atom. The zero-order valence-corrected chi connectivity index (χ0v) is 17.1. The minimum atomic E-state index is -4.88. The summed E-state index contributed by atoms with van der Waals surface area (Å²) >= 11 is 0. The van der Waals surface area contributed by atoms with E-state index in [1.54, 1.807) is 18.2 Å². The number of nitrogens with one attached hydrogen (secondary N) is 1. The fraction of sp³-hybridized carbons (Fsp3) is 0.348. The smallest absolute Gasteiger partial charge is 0.450 e. The van der Waals surface area contributed by atoms with Crippen molar-refractivity contribution in [2.24, 2.45) is 0 Å². The summed E-state index contributed by atoms with van der Waals surface area (Å²) in [5.41, 5.74) is -1.32. The van der Waals surface area contributed by atoms with Gasteiger partial charge in [-0.05, 0) is 18.2 Å². The van der Waals surface area contributed by atoms with Gasteiger partial charge in [-0.25, -0.2) is 0 Å². The van der Waals surface area contributed by atoms with E-state index < -0.39 is 28.7 Å². The molecule has 3 aromatic rings. The van der Waals surface area contributed by atoms with Crippen LogP contribution in [-0.4, -0.2) is 37.6 Å². The van der Waals surface area contributed by atoms with E-state index in [0.717, 1.165) is 37.6 Å². The first kappa shape index (κ1) is 21.4. The fourth-order valence-corrected chi connectivity index (χ4v) is 4.14. The summed E-state index contributed by atoms with van der Waals surface area (Å²) in [4.78, 5) is 16.5. The molecule has 1 fully saturated rings. The predicted molar refractivity (Wildman–Crippen MR) is 109 cm³/mol. The van der Waals surface area contributed by atoms with Crippen molar-refractivity contribution in [2.75, 3.05) is 32.7 Å². The third-order valence-electron chi connectivity index (χ3n) is 5.88. The number of piperazine rings is 1. The zero-order valence-electron chi connectivity index (χ0n) is 17.1. The Labute approximate surface area is 177 Å². The summed E-state index contributed by atoms with van der Waals surface area (Å²) < 4.78 is 47.0. The highest BCUT2D eigenvalue weighted by Gasteiger charge is 2.39. The molecular weight excluding hydrogens is 409 g/mol. The second-order valence-electron chi connectivity index (χ2n) is 7.78. The van der Waals surface area contributed by atoms with E-state index in [9.17, 15) is 23.1 Å². The molecule has 1 N–H and O–H groups in total. The number of nitrogens with zero attached hydrogens (tertiary/aromatic N) is 1. The first-order chi connectivity index (χ1) is 14.8. The summed E-state index contributed by atoms with van der Waals surface area (Å²) in [6, 6.07) is 10.2. The van der Waals surface area contributed by atoms with Crippen molar-refractivity contribution in [3.05, 3.63) is 64.0 Å². The SMILES string of the molecule is CCN1CC[NH+](Cc2c([O-])ccc3c(=O)c(-c4ccccc4)c(C(F)(F)F)oc23)CC1. The van der Waals surface area contributed by atoms with Crippen LogP contribution in [0.25, 0.3) is 22.1 Å². The van der Waals surface area contributed by atoms with Gasteiger partial charge in [0.25, 0.3) is 0 Å². The van der Waals surface area contributed by atoms with Gasteiger partial charge >= 0.3 is 6.18 Å². The maximum atomic E-state index is 13.9. The van der Waals surface area contributed by atoms with Crippen molar-refractivity contribution < 1.29 is 27.6 Å². The molecule has 1 aliphatic heterocycles. The van der Waals surface area contributed by atoms with E-state index in [-0.39, 0.29) is 28.6 Å². The molecule has 0 bridgehead atoms. The molecule has 2 aromatic carbocycles. The van der Waals surface area contributed by atoms with Crippen LogP contribution in [0.5, 0.6) is 5.75 Å². The number of quaternary nitrogens is 1. The maximum Gasteiger partial charge on any atom is 0.450 e. The Hall–Kier alpha value is -2.84. The van der Waals surface area contributed by atoms with Gasteiger partial charge in [0.1, 0.15) is 12.1 Å². The first-order valence-electron chi connectivity index (χ1n) is 10.3. The van der Waals surface area contributed by atoms with Crippen molar-refractivity contribution in [3.8, 4) is 16.9 Å². The maximum absolute atomic E-state index is 13.9. The van der Waals surface area contributed by atoms with E-state index in [1.807, 2.05) is 0 Å². The second kappa shape index (κ2) is 8.36. The average molecular weight is 432 g/mol. The number of hydrogen-bond acceptors (Lipinski definition) is 4. The van der Waals surface area contributed by atoms with Crippen LogP contribution < -0.4 is 15.4 Å². The van der Waals surface area contributed by atoms with E-state index in [0.29, 0.717) is 0 Å². The van der Waals surface area contributed by atoms with E-state index in [1.165, 1.54) is 24.3 Å². The van der Waals surface area contributed by atoms with Crippen molar-refractivity contribution in [2.45, 2.75) is 19.6 Å². The summed E-state index contributed by atoms with van der Waals surface area (Å²) in [7, 11) is 0. The highest BCUT2D eigenvalue weighted by atomic mass is 19.4. The monoisotopic (exact) mass is 432 g/mol. The molecule has 0 saturated carbocycles. The number of rotatable bonds is 4. The van der Waals surface area contributed by atoms with Crippen molar-refractivity contribution in [1.29, 1.82) is 0 Å². The summed E-state index contributed by atoms with van der Waals surface area (Å²) in [5, 5.41) is 12.6. The number of fused-ring (bicyclic) bond motifs is 1. The van der Waals surface area contributed by atoms with Crippen LogP contribution in [0.4, 0.5) is 13.2 Å². The zero-order chi connectivity index (χ0) is 22.2. The number of benzene rings is 2. The Morgan fingerprint density at radius 3 is 2.39 bits per heavy atom. The minimum absolute atomic E-state index is 0.00644. The minimum Gasteiger partial charge on any atom is -0.872 e. The molecule has 0 atom stereocenters. The number of hydrogen-bond donors (Lipinski definition) is 1. The van der Waals surface area contributed by atoms with E-state index in [2.05, 4.69) is 11.8 Å². The first-order valence-corrected chi connectivity index (χ1v) is 10.3. The Morgan fingerprint density at radius 1 is 1.10 bits per heavy atom. The second-order valence-corrected chi connectivity index (χ2v) is 7.78. The summed E-state index contributed by atoms with van der Waals surface area (Å²) in [6.07, 6.45) is -4.88. The molecule has 164 valence electrons. The molecule has 0 unspecified atom stereocenters. The molecular formula is C23H23F3N2O3. The van der Waals surface area contributed by atoms with Crippen LogP contribution in [0, 0.1) is 0 Å². The van der Waals surface area contributed by atoms with Crippen LogP contribution in [0.1, 0.15) is 18.2 Å². The van der Waals surface area contributed by atoms with Crippen LogP contribution in [0.15, 0.2) is 51.7 Å². The normalized spacial score (nSPS) is 16.1. The van der Waals surface area contributed by atoms with Gasteiger partial charge in [0.2, 0.25) is 11.2 Å². The largest absolute Gasteiger partial charge is 0.872 e. The fourth-order valence-electron chi connectivity index (χ4n) is 4.14. The highest BCUT2D eigenvalue weighted by Crippen LogP contribution is 2.38. The van der Waals surface area contributed by atoms with E-state index in [4.69, 9.17) is 4.42 Å². The van der Waals surface area contributed by atoms with Gasteiger partial charge in [-0.3, -0.25) is 9.69 Å². The standard InChI is InChI=1S/C23H23F3N2O3/c1-2-27-10-12-28(13-11-27)14-17-18(29)9-8-16-20(30)19(15-6-4-3-5-7-15)22(23(24,25)26)31-21(16)17/h3-9,29H,2,10-14H2,1H3. The van der Waals surface area contributed by atoms with Crippen molar-refractivity contribution in [3.63, 3.8) is 0 Å². The van der Waals surface area contributed by atoms with E-state index >= 15 is 0 Å². The lowest BCUT2D eigenvalue weighted by Crippen LogP contribution is -3.13. The molecule has 2 heterocycles. The molecule has 0 radical (unpaired) electrons. The molecule has 0 spiro atoms. The molecule has 1 saturated heterocycles. The average Bonchev–Trinajstić information content (AvgIpc) is 2.76. The van der Waals surface area contributed by atoms with Crippen LogP contribution in [-0.2, 0) is 12.7 Å². The molecule has 8 heteroatoms. The molecule has 1 aromatic heterocycles. The Bertz CT molecular complexity index is 1130. The lowest BCUT2D eigenvalue weighted by molar-refractivity contribution is -0.918. The third kappa shape index (κ3) is 4.18. The molecule has 0 amide bonds. The lowest BCUT2D eigenvalue weighted by atomic mass is 10.00. The van der Waals surface area contributed by atoms with Gasteiger partial charge in [-0.2, -0.15) is 13.2 Å². The molecule has 4 rings (SSSR count). The van der Waals surface area contributed by atoms with Gasteiger partial charge in [0, 0.05) is 18.7 Å². The predicted octanol–water partition coefficient (Wildman–Crippen LogP) is 2.27. The van der Waals surface area contributed by atoms with Crippen molar-refractivity contribution >= 4 is 11.0 Å². The Kier molecular flexibility index (Phi) is 5.77. The quantitative estimate of drug-likeness (QED) is 0.687. The Balaban J connectivity index is 1.87. The number of alkyl halides is 3. The molecule has 31 heavy (non-hydrogen) atoms. The van der Waals surface area contributed by atoms with Crippen molar-refractivity contribution in [1.82, 2.24) is 4.90 Å². The lowest BCUT2D eigenvalue weighted by Gasteiger charge is -2.32. The van der Waals surface area contributed by atoms with Crippen LogP contribution >= 0.6 is 0 Å². The van der Waals surface area contributed by atoms with Crippen LogP contribution in [0.3, 0.4) is 0 Å².